The quantitative estimate of drug-likeness (QED) is 0.319. The van der Waals surface area contributed by atoms with Gasteiger partial charge in [-0.15, -0.1) is 5.10 Å². The van der Waals surface area contributed by atoms with E-state index in [1.165, 1.54) is 16.6 Å². The van der Waals surface area contributed by atoms with Crippen LogP contribution in [-0.4, -0.2) is 75.0 Å². The van der Waals surface area contributed by atoms with Gasteiger partial charge in [0.1, 0.15) is 17.3 Å². The van der Waals surface area contributed by atoms with E-state index in [9.17, 15) is 8.78 Å². The second-order valence-electron chi connectivity index (χ2n) is 8.90. The number of nitrogens with zero attached hydrogens (tertiary/aromatic N) is 7. The highest BCUT2D eigenvalue weighted by Gasteiger charge is 2.20. The van der Waals surface area contributed by atoms with E-state index >= 15 is 0 Å². The van der Waals surface area contributed by atoms with Crippen molar-refractivity contribution in [3.05, 3.63) is 60.5 Å². The summed E-state index contributed by atoms with van der Waals surface area (Å²) in [6, 6.07) is 9.25. The predicted octanol–water partition coefficient (Wildman–Crippen LogP) is 3.04. The van der Waals surface area contributed by atoms with Crippen LogP contribution in [0.1, 0.15) is 0 Å². The van der Waals surface area contributed by atoms with Crippen molar-refractivity contribution in [3.63, 3.8) is 0 Å². The van der Waals surface area contributed by atoms with E-state index in [4.69, 9.17) is 14.9 Å². The number of halogens is 2. The van der Waals surface area contributed by atoms with Gasteiger partial charge < -0.3 is 24.4 Å². The molecule has 10 nitrogen and oxygen atoms in total. The summed E-state index contributed by atoms with van der Waals surface area (Å²) in [5, 5.41) is 5.27. The van der Waals surface area contributed by atoms with Gasteiger partial charge in [0.25, 0.3) is 0 Å². The molecule has 1 fully saturated rings. The Balaban J connectivity index is 1.01. The van der Waals surface area contributed by atoms with Gasteiger partial charge in [0.15, 0.2) is 11.4 Å². The van der Waals surface area contributed by atoms with Crippen LogP contribution in [0.3, 0.4) is 0 Å². The van der Waals surface area contributed by atoms with E-state index in [-0.39, 0.29) is 5.95 Å². The number of ether oxygens (including phenoxy) is 1. The number of furan rings is 1. The number of nitrogens with two attached hydrogens (primary N) is 1. The van der Waals surface area contributed by atoms with Crippen LogP contribution in [0.15, 0.2) is 53.3 Å². The highest BCUT2D eigenvalue weighted by atomic mass is 19.1. The van der Waals surface area contributed by atoms with Gasteiger partial charge in [0.05, 0.1) is 30.6 Å². The minimum Gasteiger partial charge on any atom is -0.461 e. The summed E-state index contributed by atoms with van der Waals surface area (Å²) in [7, 11) is 0. The molecule has 5 aromatic rings. The molecule has 0 amide bonds. The van der Waals surface area contributed by atoms with E-state index < -0.39 is 11.6 Å². The smallest absolute Gasteiger partial charge is 0.225 e. The van der Waals surface area contributed by atoms with Crippen LogP contribution in [0.4, 0.5) is 20.4 Å². The van der Waals surface area contributed by atoms with Gasteiger partial charge in [-0.25, -0.2) is 13.8 Å². The van der Waals surface area contributed by atoms with Crippen LogP contribution < -0.4 is 10.6 Å². The molecule has 12 heteroatoms. The highest BCUT2D eigenvalue weighted by Crippen LogP contribution is 2.24. The molecule has 37 heavy (non-hydrogen) atoms. The Kier molecular flexibility index (Phi) is 6.18. The van der Waals surface area contributed by atoms with Crippen LogP contribution in [-0.2, 0) is 11.3 Å². The Hall–Kier alpha value is -4.03. The number of aromatic nitrogens is 5. The second kappa shape index (κ2) is 9.79. The SMILES string of the molecule is Nc1nc2c(ccn2CCOCCN2CCN(c3ccc(F)cc3F)CC2)c2nc(-c3ccco3)nn12. The molecule has 1 aliphatic rings. The number of hydrogen-bond donors (Lipinski definition) is 1. The number of hydrogen-bond acceptors (Lipinski definition) is 8. The summed E-state index contributed by atoms with van der Waals surface area (Å²) in [6.45, 7) is 5.45. The van der Waals surface area contributed by atoms with Crippen molar-refractivity contribution in [2.45, 2.75) is 6.54 Å². The van der Waals surface area contributed by atoms with Gasteiger partial charge in [-0.05, 0) is 30.3 Å². The monoisotopic (exact) mass is 508 g/mol. The van der Waals surface area contributed by atoms with Crippen molar-refractivity contribution in [2.75, 3.05) is 56.6 Å². The summed E-state index contributed by atoms with van der Waals surface area (Å²) in [4.78, 5) is 13.4. The fourth-order valence-electron chi connectivity index (χ4n) is 4.66. The van der Waals surface area contributed by atoms with Gasteiger partial charge in [-0.1, -0.05) is 0 Å². The standard InChI is InChI=1S/C25H26F2N8O2/c26-17-3-4-20(19(27)16-17)33-9-7-32(8-10-33)11-14-36-15-12-34-6-5-18-23(34)30-25(28)35-24(18)29-22(31-35)21-2-1-13-37-21/h1-6,13,16H,7-12,14-15H2,(H2,28,30). The number of anilines is 2. The van der Waals surface area contributed by atoms with Crippen molar-refractivity contribution >= 4 is 28.3 Å². The van der Waals surface area contributed by atoms with E-state index in [2.05, 4.69) is 20.0 Å². The molecule has 0 radical (unpaired) electrons. The molecule has 1 aromatic carbocycles. The lowest BCUT2D eigenvalue weighted by atomic mass is 10.2. The molecule has 2 N–H and O–H groups in total. The van der Waals surface area contributed by atoms with Gasteiger partial charge in [0, 0.05) is 51.5 Å². The summed E-state index contributed by atoms with van der Waals surface area (Å²) < 4.78 is 42.0. The predicted molar refractivity (Wildman–Crippen MR) is 134 cm³/mol. The maximum atomic E-state index is 14.1. The topological polar surface area (TPSA) is 103 Å². The molecule has 4 aromatic heterocycles. The lowest BCUT2D eigenvalue weighted by molar-refractivity contribution is 0.0963. The number of nitrogen functional groups attached to an aromatic ring is 1. The molecule has 192 valence electrons. The van der Waals surface area contributed by atoms with Crippen LogP contribution in [0.2, 0.25) is 0 Å². The van der Waals surface area contributed by atoms with Gasteiger partial charge in [0.2, 0.25) is 11.8 Å². The Morgan fingerprint density at radius 3 is 2.59 bits per heavy atom. The fraction of sp³-hybridized carbons (Fsp3) is 0.320. The van der Waals surface area contributed by atoms with E-state index in [1.54, 1.807) is 18.4 Å². The van der Waals surface area contributed by atoms with E-state index in [1.807, 2.05) is 21.7 Å². The average Bonchev–Trinajstić information content (AvgIpc) is 3.65. The lowest BCUT2D eigenvalue weighted by Crippen LogP contribution is -2.47. The molecule has 5 heterocycles. The van der Waals surface area contributed by atoms with Crippen molar-refractivity contribution in [1.82, 2.24) is 29.0 Å². The first kappa shape index (κ1) is 23.4. The van der Waals surface area contributed by atoms with Crippen LogP contribution in [0, 0.1) is 11.6 Å². The third kappa shape index (κ3) is 4.60. The molecule has 0 atom stereocenters. The molecule has 1 aliphatic heterocycles. The summed E-state index contributed by atoms with van der Waals surface area (Å²) >= 11 is 0. The lowest BCUT2D eigenvalue weighted by Gasteiger charge is -2.36. The van der Waals surface area contributed by atoms with Crippen LogP contribution >= 0.6 is 0 Å². The number of rotatable bonds is 8. The van der Waals surface area contributed by atoms with Crippen LogP contribution in [0.5, 0.6) is 0 Å². The molecule has 0 spiro atoms. The minimum absolute atomic E-state index is 0.244. The first-order valence-electron chi connectivity index (χ1n) is 12.1. The van der Waals surface area contributed by atoms with E-state index in [0.29, 0.717) is 55.8 Å². The minimum atomic E-state index is -0.560. The summed E-state index contributed by atoms with van der Waals surface area (Å²) in [5.74, 6) is 0.177. The van der Waals surface area contributed by atoms with Gasteiger partial charge in [-0.2, -0.15) is 9.50 Å². The first-order valence-corrected chi connectivity index (χ1v) is 12.1. The van der Waals surface area contributed by atoms with Gasteiger partial charge in [-0.3, -0.25) is 4.90 Å². The maximum absolute atomic E-state index is 14.1. The average molecular weight is 509 g/mol. The third-order valence-electron chi connectivity index (χ3n) is 6.61. The normalized spacial score (nSPS) is 14.8. The Morgan fingerprint density at radius 1 is 0.973 bits per heavy atom. The highest BCUT2D eigenvalue weighted by molar-refractivity contribution is 5.91. The Bertz CT molecular complexity index is 1520. The molecule has 0 saturated carbocycles. The third-order valence-corrected chi connectivity index (χ3v) is 6.61. The number of fused-ring (bicyclic) bond motifs is 3. The molecule has 0 unspecified atom stereocenters. The van der Waals surface area contributed by atoms with Gasteiger partial charge >= 0.3 is 0 Å². The second-order valence-corrected chi connectivity index (χ2v) is 8.90. The van der Waals surface area contributed by atoms with Crippen molar-refractivity contribution in [3.8, 4) is 11.6 Å². The molecule has 0 aliphatic carbocycles. The van der Waals surface area contributed by atoms with Crippen molar-refractivity contribution in [1.29, 1.82) is 0 Å². The van der Waals surface area contributed by atoms with E-state index in [0.717, 1.165) is 36.7 Å². The Morgan fingerprint density at radius 2 is 1.81 bits per heavy atom. The van der Waals surface area contributed by atoms with Crippen molar-refractivity contribution < 1.29 is 17.9 Å². The van der Waals surface area contributed by atoms with Crippen molar-refractivity contribution in [2.24, 2.45) is 0 Å². The largest absolute Gasteiger partial charge is 0.461 e. The summed E-state index contributed by atoms with van der Waals surface area (Å²) in [5.41, 5.74) is 7.95. The molecule has 6 rings (SSSR count). The number of piperazine rings is 1. The molecule has 0 bridgehead atoms. The zero-order valence-corrected chi connectivity index (χ0v) is 20.1. The fourth-order valence-corrected chi connectivity index (χ4v) is 4.66. The Labute approximate surface area is 210 Å². The molecular weight excluding hydrogens is 482 g/mol. The maximum Gasteiger partial charge on any atom is 0.225 e. The number of benzene rings is 1. The zero-order chi connectivity index (χ0) is 25.4. The zero-order valence-electron chi connectivity index (χ0n) is 20.1. The van der Waals surface area contributed by atoms with Crippen LogP contribution in [0.25, 0.3) is 28.3 Å². The molecule has 1 saturated heterocycles. The molecular formula is C25H26F2N8O2. The summed E-state index contributed by atoms with van der Waals surface area (Å²) in [6.07, 6.45) is 3.51. The first-order chi connectivity index (χ1) is 18.1.